The van der Waals surface area contributed by atoms with Crippen molar-refractivity contribution in [3.63, 3.8) is 0 Å². The largest absolute Gasteiger partial charge is 0.355 e. The van der Waals surface area contributed by atoms with Gasteiger partial charge in [-0.25, -0.2) is 0 Å². The van der Waals surface area contributed by atoms with Crippen LogP contribution in [0.4, 0.5) is 0 Å². The van der Waals surface area contributed by atoms with Crippen LogP contribution >= 0.6 is 0 Å². The van der Waals surface area contributed by atoms with E-state index in [0.717, 1.165) is 38.4 Å². The van der Waals surface area contributed by atoms with Gasteiger partial charge in [0.05, 0.1) is 12.6 Å². The molecule has 1 fully saturated rings. The maximum atomic E-state index is 11.6. The van der Waals surface area contributed by atoms with Crippen LogP contribution in [0, 0.1) is 0 Å². The first-order valence-electron chi connectivity index (χ1n) is 7.69. The Balaban J connectivity index is 1.81. The fourth-order valence-electron chi connectivity index (χ4n) is 2.50. The molecule has 1 N–H and O–H groups in total. The summed E-state index contributed by atoms with van der Waals surface area (Å²) in [7, 11) is 0. The zero-order valence-electron chi connectivity index (χ0n) is 13.1. The number of hydrogen-bond donors (Lipinski definition) is 1. The molecule has 21 heavy (non-hydrogen) atoms. The number of nitrogens with zero attached hydrogens (tertiary/aromatic N) is 4. The molecule has 0 spiro atoms. The molecular formula is C14H25N5O2. The summed E-state index contributed by atoms with van der Waals surface area (Å²) >= 11 is 0. The average molecular weight is 295 g/mol. The summed E-state index contributed by atoms with van der Waals surface area (Å²) in [6, 6.07) is 0.129. The van der Waals surface area contributed by atoms with Crippen molar-refractivity contribution in [2.45, 2.75) is 33.2 Å². The number of carbonyl (C=O) groups is 1. The van der Waals surface area contributed by atoms with Gasteiger partial charge in [-0.2, -0.15) is 4.98 Å². The molecular weight excluding hydrogens is 270 g/mol. The molecule has 118 valence electrons. The minimum atomic E-state index is 0.100. The summed E-state index contributed by atoms with van der Waals surface area (Å²) in [6.45, 7) is 10.8. The van der Waals surface area contributed by atoms with Gasteiger partial charge in [0, 0.05) is 39.1 Å². The maximum absolute atomic E-state index is 11.6. The summed E-state index contributed by atoms with van der Waals surface area (Å²) in [5, 5.41) is 6.78. The van der Waals surface area contributed by atoms with E-state index in [9.17, 15) is 4.79 Å². The van der Waals surface area contributed by atoms with Crippen molar-refractivity contribution in [1.82, 2.24) is 25.3 Å². The molecule has 1 aliphatic heterocycles. The maximum Gasteiger partial charge on any atom is 0.243 e. The molecule has 0 saturated carbocycles. The van der Waals surface area contributed by atoms with Crippen LogP contribution in [0.15, 0.2) is 4.52 Å². The third-order valence-electron chi connectivity index (χ3n) is 3.85. The monoisotopic (exact) mass is 295 g/mol. The molecule has 2 rings (SSSR count). The predicted octanol–water partition coefficient (Wildman–Crippen LogP) is 0.447. The second-order valence-electron chi connectivity index (χ2n) is 5.34. The van der Waals surface area contributed by atoms with E-state index in [1.54, 1.807) is 0 Å². The van der Waals surface area contributed by atoms with Gasteiger partial charge in [-0.1, -0.05) is 12.1 Å². The van der Waals surface area contributed by atoms with Gasteiger partial charge in [-0.3, -0.25) is 14.6 Å². The molecule has 0 unspecified atom stereocenters. The molecule has 2 heterocycles. The highest BCUT2D eigenvalue weighted by molar-refractivity contribution is 5.77. The van der Waals surface area contributed by atoms with Crippen molar-refractivity contribution >= 4 is 5.91 Å². The normalized spacial score (nSPS) is 18.6. The number of aromatic nitrogens is 2. The highest BCUT2D eigenvalue weighted by Gasteiger charge is 2.26. The number of likely N-dealkylation sites (N-methyl/N-ethyl adjacent to an activating group) is 1. The van der Waals surface area contributed by atoms with E-state index in [1.807, 2.05) is 13.8 Å². The molecule has 0 aromatic carbocycles. The number of amides is 1. The zero-order valence-corrected chi connectivity index (χ0v) is 13.1. The molecule has 7 heteroatoms. The molecule has 0 radical (unpaired) electrons. The van der Waals surface area contributed by atoms with E-state index in [4.69, 9.17) is 4.52 Å². The highest BCUT2D eigenvalue weighted by atomic mass is 16.5. The van der Waals surface area contributed by atoms with Crippen molar-refractivity contribution in [2.75, 3.05) is 39.3 Å². The van der Waals surface area contributed by atoms with Crippen LogP contribution in [0.1, 0.15) is 38.5 Å². The molecule has 1 aliphatic rings. The Kier molecular flexibility index (Phi) is 5.69. The van der Waals surface area contributed by atoms with Gasteiger partial charge in [-0.05, 0) is 13.8 Å². The molecule has 1 aromatic rings. The van der Waals surface area contributed by atoms with Crippen LogP contribution in [-0.4, -0.2) is 65.1 Å². The van der Waals surface area contributed by atoms with Gasteiger partial charge in [0.1, 0.15) is 0 Å². The Labute approximate surface area is 125 Å². The third kappa shape index (κ3) is 4.25. The van der Waals surface area contributed by atoms with E-state index in [0.29, 0.717) is 19.0 Å². The second-order valence-corrected chi connectivity index (χ2v) is 5.34. The van der Waals surface area contributed by atoms with Crippen molar-refractivity contribution in [3.05, 3.63) is 11.7 Å². The smallest absolute Gasteiger partial charge is 0.243 e. The molecule has 0 bridgehead atoms. The first-order chi connectivity index (χ1) is 10.1. The lowest BCUT2D eigenvalue weighted by Crippen LogP contribution is -2.50. The summed E-state index contributed by atoms with van der Waals surface area (Å²) in [5.74, 6) is 1.54. The molecule has 7 nitrogen and oxygen atoms in total. The Morgan fingerprint density at radius 2 is 2.05 bits per heavy atom. The van der Waals surface area contributed by atoms with E-state index < -0.39 is 0 Å². The third-order valence-corrected chi connectivity index (χ3v) is 3.85. The first-order valence-corrected chi connectivity index (χ1v) is 7.69. The summed E-state index contributed by atoms with van der Waals surface area (Å²) in [5.41, 5.74) is 0. The van der Waals surface area contributed by atoms with E-state index in [-0.39, 0.29) is 11.9 Å². The molecule has 0 aliphatic carbocycles. The van der Waals surface area contributed by atoms with Crippen LogP contribution in [0.25, 0.3) is 0 Å². The standard InChI is InChI=1S/C14H25N5O2/c1-4-12-16-14(21-17-12)11(3)19-8-6-18(7-9-19)10-13(20)15-5-2/h11H,4-10H2,1-3H3,(H,15,20)/t11-/m0/s1. The second kappa shape index (κ2) is 7.51. The lowest BCUT2D eigenvalue weighted by Gasteiger charge is -2.36. The summed E-state index contributed by atoms with van der Waals surface area (Å²) in [4.78, 5) is 20.5. The number of hydrogen-bond acceptors (Lipinski definition) is 6. The predicted molar refractivity (Wildman–Crippen MR) is 78.8 cm³/mol. The number of carbonyl (C=O) groups excluding carboxylic acids is 1. The van der Waals surface area contributed by atoms with Crippen molar-refractivity contribution < 1.29 is 9.32 Å². The number of rotatable bonds is 6. The lowest BCUT2D eigenvalue weighted by atomic mass is 10.2. The molecule has 1 atom stereocenters. The Bertz CT molecular complexity index is 454. The minimum Gasteiger partial charge on any atom is -0.355 e. The molecule has 1 saturated heterocycles. The number of piperazine rings is 1. The van der Waals surface area contributed by atoms with E-state index >= 15 is 0 Å². The first kappa shape index (κ1) is 15.9. The average Bonchev–Trinajstić information content (AvgIpc) is 2.96. The van der Waals surface area contributed by atoms with Crippen LogP contribution in [0.5, 0.6) is 0 Å². The fraction of sp³-hybridized carbons (Fsp3) is 0.786. The Morgan fingerprint density at radius 3 is 2.62 bits per heavy atom. The number of nitrogens with one attached hydrogen (secondary N) is 1. The van der Waals surface area contributed by atoms with Crippen molar-refractivity contribution in [2.24, 2.45) is 0 Å². The topological polar surface area (TPSA) is 74.5 Å². The van der Waals surface area contributed by atoms with Gasteiger partial charge in [-0.15, -0.1) is 0 Å². The van der Waals surface area contributed by atoms with Crippen LogP contribution in [-0.2, 0) is 11.2 Å². The highest BCUT2D eigenvalue weighted by Crippen LogP contribution is 2.20. The summed E-state index contributed by atoms with van der Waals surface area (Å²) in [6.07, 6.45) is 0.788. The van der Waals surface area contributed by atoms with Gasteiger partial charge in [0.25, 0.3) is 0 Å². The van der Waals surface area contributed by atoms with E-state index in [1.165, 1.54) is 0 Å². The fourth-order valence-corrected chi connectivity index (χ4v) is 2.50. The van der Waals surface area contributed by atoms with E-state index in [2.05, 4.69) is 32.2 Å². The van der Waals surface area contributed by atoms with Crippen LogP contribution in [0.3, 0.4) is 0 Å². The van der Waals surface area contributed by atoms with Gasteiger partial charge < -0.3 is 9.84 Å². The van der Waals surface area contributed by atoms with Crippen LogP contribution < -0.4 is 5.32 Å². The SMILES string of the molecule is CCNC(=O)CN1CCN([C@@H](C)c2nc(CC)no2)CC1. The molecule has 1 aromatic heterocycles. The minimum absolute atomic E-state index is 0.100. The quantitative estimate of drug-likeness (QED) is 0.821. The van der Waals surface area contributed by atoms with Crippen molar-refractivity contribution in [3.8, 4) is 0 Å². The van der Waals surface area contributed by atoms with Crippen LogP contribution in [0.2, 0.25) is 0 Å². The zero-order chi connectivity index (χ0) is 15.2. The number of aryl methyl sites for hydroxylation is 1. The Hall–Kier alpha value is -1.47. The van der Waals surface area contributed by atoms with Crippen molar-refractivity contribution in [1.29, 1.82) is 0 Å². The lowest BCUT2D eigenvalue weighted by molar-refractivity contribution is -0.122. The van der Waals surface area contributed by atoms with Gasteiger partial charge in [0.15, 0.2) is 5.82 Å². The van der Waals surface area contributed by atoms with Gasteiger partial charge >= 0.3 is 0 Å². The molecule has 1 amide bonds. The summed E-state index contributed by atoms with van der Waals surface area (Å²) < 4.78 is 5.31. The Morgan fingerprint density at radius 1 is 1.33 bits per heavy atom. The van der Waals surface area contributed by atoms with Gasteiger partial charge in [0.2, 0.25) is 11.8 Å².